The van der Waals surface area contributed by atoms with Crippen molar-refractivity contribution in [1.29, 1.82) is 0 Å². The van der Waals surface area contributed by atoms with Gasteiger partial charge in [-0.1, -0.05) is 26.8 Å². The van der Waals surface area contributed by atoms with Crippen LogP contribution in [-0.4, -0.2) is 5.78 Å². The first-order valence-electron chi connectivity index (χ1n) is 5.72. The van der Waals surface area contributed by atoms with E-state index >= 15 is 0 Å². The first-order valence-corrected chi connectivity index (χ1v) is 5.72. The Morgan fingerprint density at radius 1 is 1.43 bits per heavy atom. The van der Waals surface area contributed by atoms with Crippen LogP contribution >= 0.6 is 0 Å². The maximum Gasteiger partial charge on any atom is 0.155 e. The minimum Gasteiger partial charge on any atom is -0.295 e. The summed E-state index contributed by atoms with van der Waals surface area (Å²) in [5, 5.41) is 0. The molecule has 1 unspecified atom stereocenters. The fourth-order valence-corrected chi connectivity index (χ4v) is 3.16. The second-order valence-electron chi connectivity index (χ2n) is 5.72. The predicted octanol–water partition coefficient (Wildman–Crippen LogP) is 3.20. The van der Waals surface area contributed by atoms with Gasteiger partial charge in [0, 0.05) is 6.42 Å². The second kappa shape index (κ2) is 3.22. The molecular weight excluding hydrogens is 172 g/mol. The summed E-state index contributed by atoms with van der Waals surface area (Å²) in [6.07, 6.45) is 7.35. The third kappa shape index (κ3) is 1.53. The van der Waals surface area contributed by atoms with Crippen LogP contribution in [0.5, 0.6) is 0 Å². The van der Waals surface area contributed by atoms with Crippen molar-refractivity contribution < 1.29 is 4.79 Å². The van der Waals surface area contributed by atoms with Gasteiger partial charge in [0.1, 0.15) is 0 Å². The van der Waals surface area contributed by atoms with Crippen LogP contribution in [0.4, 0.5) is 0 Å². The fraction of sp³-hybridized carbons (Fsp3) is 0.769. The molecule has 1 heteroatoms. The quantitative estimate of drug-likeness (QED) is 0.576. The first-order chi connectivity index (χ1) is 6.50. The number of hydrogen-bond acceptors (Lipinski definition) is 1. The first kappa shape index (κ1) is 9.95. The molecule has 0 aliphatic heterocycles. The van der Waals surface area contributed by atoms with E-state index in [0.29, 0.717) is 23.0 Å². The molecule has 2 rings (SSSR count). The maximum atomic E-state index is 11.4. The van der Waals surface area contributed by atoms with Gasteiger partial charge in [-0.05, 0) is 42.1 Å². The Hall–Kier alpha value is -0.590. The number of rotatable bonds is 0. The largest absolute Gasteiger partial charge is 0.295 e. The summed E-state index contributed by atoms with van der Waals surface area (Å²) >= 11 is 0. The van der Waals surface area contributed by atoms with Crippen molar-refractivity contribution in [1.82, 2.24) is 0 Å². The van der Waals surface area contributed by atoms with Crippen LogP contribution in [0.1, 0.15) is 40.0 Å². The lowest BCUT2D eigenvalue weighted by atomic mass is 9.57. The zero-order valence-electron chi connectivity index (χ0n) is 9.42. The van der Waals surface area contributed by atoms with Crippen LogP contribution in [0.3, 0.4) is 0 Å². The molecule has 0 aromatic heterocycles. The molecule has 78 valence electrons. The molecule has 14 heavy (non-hydrogen) atoms. The summed E-state index contributed by atoms with van der Waals surface area (Å²) in [6.45, 7) is 6.99. The lowest BCUT2D eigenvalue weighted by Gasteiger charge is -2.47. The standard InChI is InChI=1S/C13H20O/c1-9-6-7-13(2,3)12-5-4-10(14)8-11(9)12/h4-5,9,11-12H,6-8H2,1-3H3/t9?,11-,12+/m0/s1. The van der Waals surface area contributed by atoms with Crippen molar-refractivity contribution in [3.63, 3.8) is 0 Å². The van der Waals surface area contributed by atoms with Gasteiger partial charge in [0.15, 0.2) is 5.78 Å². The molecule has 0 spiro atoms. The molecule has 0 radical (unpaired) electrons. The van der Waals surface area contributed by atoms with Crippen LogP contribution in [-0.2, 0) is 4.79 Å². The van der Waals surface area contributed by atoms with E-state index in [1.807, 2.05) is 0 Å². The van der Waals surface area contributed by atoms with Gasteiger partial charge in [0.2, 0.25) is 0 Å². The highest BCUT2D eigenvalue weighted by Crippen LogP contribution is 2.49. The lowest BCUT2D eigenvalue weighted by Crippen LogP contribution is -2.40. The summed E-state index contributed by atoms with van der Waals surface area (Å²) in [6, 6.07) is 0. The molecule has 2 aliphatic rings. The van der Waals surface area contributed by atoms with Gasteiger partial charge in [-0.15, -0.1) is 0 Å². The van der Waals surface area contributed by atoms with E-state index < -0.39 is 0 Å². The molecule has 1 saturated carbocycles. The van der Waals surface area contributed by atoms with Gasteiger partial charge in [0.05, 0.1) is 0 Å². The third-order valence-electron chi connectivity index (χ3n) is 4.26. The van der Waals surface area contributed by atoms with Gasteiger partial charge < -0.3 is 0 Å². The van der Waals surface area contributed by atoms with E-state index in [-0.39, 0.29) is 0 Å². The Morgan fingerprint density at radius 2 is 2.14 bits per heavy atom. The summed E-state index contributed by atoms with van der Waals surface area (Å²) in [4.78, 5) is 11.4. The molecule has 0 bridgehead atoms. The normalized spacial score (nSPS) is 40.8. The molecule has 0 aromatic carbocycles. The van der Waals surface area contributed by atoms with Crippen LogP contribution in [0.15, 0.2) is 12.2 Å². The maximum absolute atomic E-state index is 11.4. The van der Waals surface area contributed by atoms with E-state index in [1.54, 1.807) is 6.08 Å². The minimum atomic E-state index is 0.329. The highest BCUT2D eigenvalue weighted by molar-refractivity contribution is 5.90. The van der Waals surface area contributed by atoms with Gasteiger partial charge in [0.25, 0.3) is 0 Å². The smallest absolute Gasteiger partial charge is 0.155 e. The Labute approximate surface area is 86.6 Å². The Morgan fingerprint density at radius 3 is 2.86 bits per heavy atom. The monoisotopic (exact) mass is 192 g/mol. The molecule has 0 amide bonds. The summed E-state index contributed by atoms with van der Waals surface area (Å²) in [7, 11) is 0. The number of ketones is 1. The molecular formula is C13H20O. The topological polar surface area (TPSA) is 17.1 Å². The van der Waals surface area contributed by atoms with Crippen molar-refractivity contribution >= 4 is 5.78 Å². The van der Waals surface area contributed by atoms with Crippen LogP contribution in [0.2, 0.25) is 0 Å². The van der Waals surface area contributed by atoms with Gasteiger partial charge in [-0.3, -0.25) is 4.79 Å². The van der Waals surface area contributed by atoms with Crippen LogP contribution < -0.4 is 0 Å². The predicted molar refractivity (Wildman–Crippen MR) is 57.9 cm³/mol. The number of carbonyl (C=O) groups excluding carboxylic acids is 1. The molecule has 1 nitrogen and oxygen atoms in total. The molecule has 0 N–H and O–H groups in total. The van der Waals surface area contributed by atoms with E-state index in [4.69, 9.17) is 0 Å². The zero-order chi connectivity index (χ0) is 10.3. The van der Waals surface area contributed by atoms with E-state index in [0.717, 1.165) is 12.3 Å². The Kier molecular flexibility index (Phi) is 2.29. The van der Waals surface area contributed by atoms with Crippen molar-refractivity contribution in [2.45, 2.75) is 40.0 Å². The van der Waals surface area contributed by atoms with E-state index in [9.17, 15) is 4.79 Å². The summed E-state index contributed by atoms with van der Waals surface area (Å²) in [5.41, 5.74) is 0.397. The van der Waals surface area contributed by atoms with Crippen LogP contribution in [0, 0.1) is 23.2 Å². The zero-order valence-corrected chi connectivity index (χ0v) is 9.42. The van der Waals surface area contributed by atoms with Gasteiger partial charge >= 0.3 is 0 Å². The lowest BCUT2D eigenvalue weighted by molar-refractivity contribution is -0.118. The number of allylic oxidation sites excluding steroid dienone is 2. The SMILES string of the molecule is CC1CCC(C)(C)[C@@H]2C=CC(=O)C[C@@H]12. The molecule has 2 aliphatic carbocycles. The average Bonchev–Trinajstić information content (AvgIpc) is 2.12. The second-order valence-corrected chi connectivity index (χ2v) is 5.72. The van der Waals surface area contributed by atoms with Crippen molar-refractivity contribution in [2.75, 3.05) is 0 Å². The highest BCUT2D eigenvalue weighted by Gasteiger charge is 2.42. The Balaban J connectivity index is 2.28. The van der Waals surface area contributed by atoms with Crippen molar-refractivity contribution in [2.24, 2.45) is 23.2 Å². The van der Waals surface area contributed by atoms with Gasteiger partial charge in [-0.2, -0.15) is 0 Å². The number of fused-ring (bicyclic) bond motifs is 1. The van der Waals surface area contributed by atoms with Crippen molar-refractivity contribution in [3.8, 4) is 0 Å². The average molecular weight is 192 g/mol. The molecule has 1 fully saturated rings. The third-order valence-corrected chi connectivity index (χ3v) is 4.26. The number of hydrogen-bond donors (Lipinski definition) is 0. The Bertz CT molecular complexity index is 275. The molecule has 0 saturated heterocycles. The van der Waals surface area contributed by atoms with Crippen molar-refractivity contribution in [3.05, 3.63) is 12.2 Å². The van der Waals surface area contributed by atoms with Gasteiger partial charge in [-0.25, -0.2) is 0 Å². The molecule has 0 heterocycles. The van der Waals surface area contributed by atoms with Crippen LogP contribution in [0.25, 0.3) is 0 Å². The van der Waals surface area contributed by atoms with E-state index in [1.165, 1.54) is 12.8 Å². The van der Waals surface area contributed by atoms with E-state index in [2.05, 4.69) is 26.8 Å². The highest BCUT2D eigenvalue weighted by atomic mass is 16.1. The molecule has 3 atom stereocenters. The molecule has 0 aromatic rings. The minimum absolute atomic E-state index is 0.329. The fourth-order valence-electron chi connectivity index (χ4n) is 3.16. The summed E-state index contributed by atoms with van der Waals surface area (Å²) in [5.74, 6) is 2.29. The summed E-state index contributed by atoms with van der Waals surface area (Å²) < 4.78 is 0. The number of carbonyl (C=O) groups is 1.